The van der Waals surface area contributed by atoms with E-state index in [-0.39, 0.29) is 5.91 Å². The van der Waals surface area contributed by atoms with Crippen molar-refractivity contribution in [2.24, 2.45) is 5.10 Å². The molecule has 0 aromatic heterocycles. The number of amides is 1. The van der Waals surface area contributed by atoms with Gasteiger partial charge in [0.1, 0.15) is 5.71 Å². The molecule has 120 valence electrons. The molecule has 1 amide bonds. The van der Waals surface area contributed by atoms with Crippen molar-refractivity contribution in [3.8, 4) is 0 Å². The molecule has 0 radical (unpaired) electrons. The van der Waals surface area contributed by atoms with Crippen molar-refractivity contribution in [1.82, 2.24) is 0 Å². The molecule has 0 spiro atoms. The summed E-state index contributed by atoms with van der Waals surface area (Å²) in [7, 11) is 0. The van der Waals surface area contributed by atoms with Gasteiger partial charge < -0.3 is 0 Å². The van der Waals surface area contributed by atoms with Gasteiger partial charge in [-0.15, -0.1) is 23.5 Å². The van der Waals surface area contributed by atoms with Crippen molar-refractivity contribution in [1.29, 1.82) is 0 Å². The van der Waals surface area contributed by atoms with Crippen molar-refractivity contribution in [2.45, 2.75) is 6.42 Å². The molecule has 0 aliphatic carbocycles. The van der Waals surface area contributed by atoms with Gasteiger partial charge >= 0.3 is 0 Å². The number of anilines is 1. The van der Waals surface area contributed by atoms with Crippen molar-refractivity contribution in [3.63, 3.8) is 0 Å². The quantitative estimate of drug-likeness (QED) is 0.745. The fraction of sp³-hybridized carbons (Fsp3) is 0.158. The number of benzene rings is 2. The third-order valence-corrected chi connectivity index (χ3v) is 6.48. The Labute approximate surface area is 149 Å². The average molecular weight is 352 g/mol. The number of nitrogens with zero attached hydrogens (tertiary/aromatic N) is 2. The van der Waals surface area contributed by atoms with Crippen LogP contribution in [0, 0.1) is 0 Å². The summed E-state index contributed by atoms with van der Waals surface area (Å²) in [5.74, 6) is 2.09. The minimum absolute atomic E-state index is 0.0306. The van der Waals surface area contributed by atoms with Crippen LogP contribution in [-0.2, 0) is 4.79 Å². The van der Waals surface area contributed by atoms with E-state index < -0.39 is 0 Å². The highest BCUT2D eigenvalue weighted by Crippen LogP contribution is 2.41. The first-order valence-electron chi connectivity index (χ1n) is 7.88. The highest BCUT2D eigenvalue weighted by atomic mass is 32.2. The number of carbonyl (C=O) groups is 1. The van der Waals surface area contributed by atoms with Crippen LogP contribution in [0.1, 0.15) is 12.0 Å². The minimum Gasteiger partial charge on any atom is -0.267 e. The van der Waals surface area contributed by atoms with E-state index in [2.05, 4.69) is 5.10 Å². The Balaban J connectivity index is 1.83. The first-order chi connectivity index (χ1) is 11.8. The number of para-hydroxylation sites is 1. The van der Waals surface area contributed by atoms with Gasteiger partial charge in [0.15, 0.2) is 0 Å². The second kappa shape index (κ2) is 6.87. The van der Waals surface area contributed by atoms with E-state index in [9.17, 15) is 4.79 Å². The van der Waals surface area contributed by atoms with Crippen LogP contribution >= 0.6 is 23.5 Å². The molecule has 2 aliphatic rings. The summed E-state index contributed by atoms with van der Waals surface area (Å²) < 4.78 is 1.10. The number of carbonyl (C=O) groups excluding carboxylic acids is 1. The lowest BCUT2D eigenvalue weighted by Crippen LogP contribution is -2.22. The standard InChI is InChI=1S/C19H16N2OS2/c22-18-16(19-23-12-7-13-24-19)17(14-8-3-1-4-9-14)20-21(18)15-10-5-2-6-11-15/h1-6,8-11H,7,12-13H2. The maximum absolute atomic E-state index is 13.1. The van der Waals surface area contributed by atoms with Gasteiger partial charge in [-0.2, -0.15) is 10.1 Å². The fourth-order valence-electron chi connectivity index (χ4n) is 2.70. The molecule has 1 fully saturated rings. The Kier molecular flexibility index (Phi) is 4.45. The maximum Gasteiger partial charge on any atom is 0.282 e. The Morgan fingerprint density at radius 1 is 0.875 bits per heavy atom. The zero-order chi connectivity index (χ0) is 16.4. The first kappa shape index (κ1) is 15.5. The zero-order valence-electron chi connectivity index (χ0n) is 13.0. The van der Waals surface area contributed by atoms with Crippen LogP contribution in [0.15, 0.2) is 75.6 Å². The third kappa shape index (κ3) is 2.89. The number of hydrogen-bond acceptors (Lipinski definition) is 4. The van der Waals surface area contributed by atoms with E-state index in [4.69, 9.17) is 0 Å². The molecule has 24 heavy (non-hydrogen) atoms. The van der Waals surface area contributed by atoms with Crippen molar-refractivity contribution >= 4 is 40.8 Å². The average Bonchev–Trinajstić information content (AvgIpc) is 3.01. The van der Waals surface area contributed by atoms with Gasteiger partial charge in [-0.25, -0.2) is 0 Å². The summed E-state index contributed by atoms with van der Waals surface area (Å²) in [5, 5.41) is 6.21. The number of rotatable bonds is 2. The number of hydrazone groups is 1. The highest BCUT2D eigenvalue weighted by molar-refractivity contribution is 8.22. The molecule has 2 aliphatic heterocycles. The van der Waals surface area contributed by atoms with Crippen LogP contribution in [0.5, 0.6) is 0 Å². The Bertz CT molecular complexity index is 808. The highest BCUT2D eigenvalue weighted by Gasteiger charge is 2.35. The molecule has 4 rings (SSSR count). The van der Waals surface area contributed by atoms with Gasteiger partial charge in [0.2, 0.25) is 0 Å². The second-order valence-electron chi connectivity index (χ2n) is 5.48. The fourth-order valence-corrected chi connectivity index (χ4v) is 5.32. The van der Waals surface area contributed by atoms with E-state index in [0.717, 1.165) is 38.3 Å². The molecule has 2 aromatic rings. The van der Waals surface area contributed by atoms with Gasteiger partial charge in [-0.05, 0) is 30.1 Å². The van der Waals surface area contributed by atoms with E-state index in [1.165, 1.54) is 11.4 Å². The van der Waals surface area contributed by atoms with E-state index in [0.29, 0.717) is 0 Å². The Morgan fingerprint density at radius 3 is 2.17 bits per heavy atom. The molecule has 0 atom stereocenters. The Morgan fingerprint density at radius 2 is 1.50 bits per heavy atom. The van der Waals surface area contributed by atoms with Gasteiger partial charge in [-0.3, -0.25) is 4.79 Å². The van der Waals surface area contributed by atoms with Gasteiger partial charge in [-0.1, -0.05) is 48.5 Å². The zero-order valence-corrected chi connectivity index (χ0v) is 14.6. The monoisotopic (exact) mass is 352 g/mol. The molecule has 0 saturated carbocycles. The summed E-state index contributed by atoms with van der Waals surface area (Å²) in [5.41, 5.74) is 3.32. The molecule has 3 nitrogen and oxygen atoms in total. The van der Waals surface area contributed by atoms with Crippen molar-refractivity contribution in [3.05, 3.63) is 76.0 Å². The first-order valence-corrected chi connectivity index (χ1v) is 9.85. The molecular formula is C19H16N2OS2. The van der Waals surface area contributed by atoms with E-state index >= 15 is 0 Å². The molecule has 1 saturated heterocycles. The van der Waals surface area contributed by atoms with Crippen LogP contribution in [0.3, 0.4) is 0 Å². The minimum atomic E-state index is -0.0306. The van der Waals surface area contributed by atoms with Crippen LogP contribution in [0.2, 0.25) is 0 Å². The van der Waals surface area contributed by atoms with Crippen molar-refractivity contribution in [2.75, 3.05) is 16.5 Å². The van der Waals surface area contributed by atoms with Crippen LogP contribution < -0.4 is 5.01 Å². The molecule has 2 aromatic carbocycles. The summed E-state index contributed by atoms with van der Waals surface area (Å²) >= 11 is 3.55. The molecule has 0 unspecified atom stereocenters. The van der Waals surface area contributed by atoms with Gasteiger partial charge in [0, 0.05) is 5.56 Å². The molecule has 2 heterocycles. The summed E-state index contributed by atoms with van der Waals surface area (Å²) in [4.78, 5) is 13.1. The summed E-state index contributed by atoms with van der Waals surface area (Å²) in [6.45, 7) is 0. The van der Waals surface area contributed by atoms with E-state index in [1.54, 1.807) is 23.5 Å². The lowest BCUT2D eigenvalue weighted by molar-refractivity contribution is -0.114. The molecule has 0 N–H and O–H groups in total. The topological polar surface area (TPSA) is 32.7 Å². The van der Waals surface area contributed by atoms with Crippen molar-refractivity contribution < 1.29 is 4.79 Å². The number of thioether (sulfide) groups is 2. The smallest absolute Gasteiger partial charge is 0.267 e. The van der Waals surface area contributed by atoms with Gasteiger partial charge in [0.05, 0.1) is 15.5 Å². The second-order valence-corrected chi connectivity index (χ2v) is 7.95. The Hall–Kier alpha value is -1.98. The van der Waals surface area contributed by atoms with Gasteiger partial charge in [0.25, 0.3) is 5.91 Å². The van der Waals surface area contributed by atoms with E-state index in [1.807, 2.05) is 60.7 Å². The summed E-state index contributed by atoms with van der Waals surface area (Å²) in [6.07, 6.45) is 1.18. The molecule has 0 bridgehead atoms. The van der Waals surface area contributed by atoms with Crippen LogP contribution in [-0.4, -0.2) is 23.1 Å². The third-order valence-electron chi connectivity index (χ3n) is 3.85. The van der Waals surface area contributed by atoms with Crippen LogP contribution in [0.25, 0.3) is 0 Å². The largest absolute Gasteiger partial charge is 0.282 e. The lowest BCUT2D eigenvalue weighted by Gasteiger charge is -2.16. The SMILES string of the molecule is O=C1C(=C2SCCCS2)C(c2ccccc2)=NN1c1ccccc1. The summed E-state index contributed by atoms with van der Waals surface area (Å²) in [6, 6.07) is 19.6. The molecule has 5 heteroatoms. The normalized spacial score (nSPS) is 18.1. The lowest BCUT2D eigenvalue weighted by atomic mass is 10.0. The number of hydrogen-bond donors (Lipinski definition) is 0. The maximum atomic E-state index is 13.1. The molecular weight excluding hydrogens is 336 g/mol. The van der Waals surface area contributed by atoms with Crippen LogP contribution in [0.4, 0.5) is 5.69 Å². The predicted molar refractivity (Wildman–Crippen MR) is 103 cm³/mol. The predicted octanol–water partition coefficient (Wildman–Crippen LogP) is 4.52.